The molecule has 0 aromatic heterocycles. The lowest BCUT2D eigenvalue weighted by molar-refractivity contribution is -0.142. The summed E-state index contributed by atoms with van der Waals surface area (Å²) in [5, 5.41) is 8.93. The standard InChI is InChI=1S/C21H26F3NO4/c1-3-4-5-6-7-8-14-28-17-11-9-16(10-12-17)13-15-29-20(27)18(25-2)19(26)21(22,23)24/h9-12,26H,3-8,13-15H2,1H3/b19-18+. The van der Waals surface area contributed by atoms with E-state index in [4.69, 9.17) is 16.4 Å². The fraction of sp³-hybridized carbons (Fsp3) is 0.524. The number of halogens is 3. The predicted molar refractivity (Wildman–Crippen MR) is 102 cm³/mol. The van der Waals surface area contributed by atoms with Gasteiger partial charge in [-0.15, -0.1) is 0 Å². The van der Waals surface area contributed by atoms with Crippen LogP contribution in [0.2, 0.25) is 0 Å². The van der Waals surface area contributed by atoms with Crippen LogP contribution >= 0.6 is 0 Å². The van der Waals surface area contributed by atoms with Crippen molar-refractivity contribution in [3.63, 3.8) is 0 Å². The summed E-state index contributed by atoms with van der Waals surface area (Å²) in [6, 6.07) is 7.08. The fourth-order valence-corrected chi connectivity index (χ4v) is 2.48. The van der Waals surface area contributed by atoms with Crippen molar-refractivity contribution in [1.29, 1.82) is 0 Å². The molecular weight excluding hydrogens is 387 g/mol. The van der Waals surface area contributed by atoms with Gasteiger partial charge in [0.1, 0.15) is 5.75 Å². The third-order valence-electron chi connectivity index (χ3n) is 4.11. The zero-order valence-electron chi connectivity index (χ0n) is 16.4. The number of hydrogen-bond donors (Lipinski definition) is 1. The molecule has 1 aromatic carbocycles. The molecule has 1 rings (SSSR count). The molecule has 0 saturated carbocycles. The van der Waals surface area contributed by atoms with Crippen LogP contribution in [0.15, 0.2) is 35.7 Å². The maximum atomic E-state index is 12.4. The predicted octanol–water partition coefficient (Wildman–Crippen LogP) is 5.76. The highest BCUT2D eigenvalue weighted by atomic mass is 19.4. The lowest BCUT2D eigenvalue weighted by Gasteiger charge is -2.09. The van der Waals surface area contributed by atoms with Gasteiger partial charge in [0.2, 0.25) is 5.76 Å². The Hall–Kier alpha value is -2.69. The molecule has 0 bridgehead atoms. The number of alkyl halides is 3. The number of aliphatic hydroxyl groups is 1. The van der Waals surface area contributed by atoms with Crippen molar-refractivity contribution in [2.45, 2.75) is 58.0 Å². The normalized spacial score (nSPS) is 12.1. The van der Waals surface area contributed by atoms with Crippen LogP contribution in [0.4, 0.5) is 13.2 Å². The molecule has 160 valence electrons. The second kappa shape index (κ2) is 12.7. The Bertz CT molecular complexity index is 706. The van der Waals surface area contributed by atoms with Crippen molar-refractivity contribution in [1.82, 2.24) is 0 Å². The molecule has 0 saturated heterocycles. The van der Waals surface area contributed by atoms with Gasteiger partial charge < -0.3 is 14.6 Å². The number of ether oxygens (including phenoxy) is 2. The van der Waals surface area contributed by atoms with Crippen molar-refractivity contribution in [3.05, 3.63) is 52.7 Å². The summed E-state index contributed by atoms with van der Waals surface area (Å²) in [6.07, 6.45) is 2.13. The van der Waals surface area contributed by atoms with Gasteiger partial charge in [-0.3, -0.25) is 4.79 Å². The molecule has 0 fully saturated rings. The van der Waals surface area contributed by atoms with Crippen LogP contribution in [0.25, 0.3) is 4.85 Å². The Morgan fingerprint density at radius 1 is 1.07 bits per heavy atom. The van der Waals surface area contributed by atoms with E-state index in [2.05, 4.69) is 16.5 Å². The minimum atomic E-state index is -5.18. The first-order valence-electron chi connectivity index (χ1n) is 9.56. The Morgan fingerprint density at radius 3 is 2.28 bits per heavy atom. The molecule has 0 radical (unpaired) electrons. The van der Waals surface area contributed by atoms with Gasteiger partial charge in [-0.05, 0) is 24.1 Å². The first-order chi connectivity index (χ1) is 13.8. The molecule has 29 heavy (non-hydrogen) atoms. The highest BCUT2D eigenvalue weighted by Gasteiger charge is 2.39. The molecule has 5 nitrogen and oxygen atoms in total. The van der Waals surface area contributed by atoms with Crippen LogP contribution in [0.5, 0.6) is 5.75 Å². The summed E-state index contributed by atoms with van der Waals surface area (Å²) < 4.78 is 47.5. The molecule has 0 amide bonds. The maximum Gasteiger partial charge on any atom is 0.438 e. The zero-order valence-corrected chi connectivity index (χ0v) is 16.4. The second-order valence-electron chi connectivity index (χ2n) is 6.45. The summed E-state index contributed by atoms with van der Waals surface area (Å²) in [5.74, 6) is -3.04. The van der Waals surface area contributed by atoms with Crippen molar-refractivity contribution in [2.75, 3.05) is 13.2 Å². The number of rotatable bonds is 12. The second-order valence-corrected chi connectivity index (χ2v) is 6.45. The van der Waals surface area contributed by atoms with E-state index in [1.807, 2.05) is 0 Å². The number of hydrogen-bond acceptors (Lipinski definition) is 4. The van der Waals surface area contributed by atoms with Gasteiger partial charge >= 0.3 is 17.8 Å². The van der Waals surface area contributed by atoms with E-state index in [0.29, 0.717) is 12.4 Å². The number of carbonyl (C=O) groups excluding carboxylic acids is 1. The SMILES string of the molecule is [C-]#[N+]/C(C(=O)OCCc1ccc(OCCCCCCCC)cc1)=C(/O)C(F)(F)F. The average molecular weight is 413 g/mol. The van der Waals surface area contributed by atoms with Crippen LogP contribution in [0, 0.1) is 6.57 Å². The first kappa shape index (κ1) is 24.3. The van der Waals surface area contributed by atoms with Crippen molar-refractivity contribution in [2.24, 2.45) is 0 Å². The van der Waals surface area contributed by atoms with Crippen molar-refractivity contribution < 1.29 is 32.5 Å². The van der Waals surface area contributed by atoms with Gasteiger partial charge in [0, 0.05) is 6.42 Å². The number of carbonyl (C=O) groups is 1. The smallest absolute Gasteiger partial charge is 0.438 e. The molecule has 0 aliphatic heterocycles. The van der Waals surface area contributed by atoms with Crippen LogP contribution in [-0.4, -0.2) is 30.5 Å². The van der Waals surface area contributed by atoms with Gasteiger partial charge in [-0.1, -0.05) is 51.2 Å². The highest BCUT2D eigenvalue weighted by Crippen LogP contribution is 2.27. The fourth-order valence-electron chi connectivity index (χ4n) is 2.48. The van der Waals surface area contributed by atoms with Crippen LogP contribution in [0.1, 0.15) is 51.0 Å². The Kier molecular flexibility index (Phi) is 10.7. The molecule has 0 unspecified atom stereocenters. The van der Waals surface area contributed by atoms with Crippen LogP contribution in [0.3, 0.4) is 0 Å². The molecule has 0 aliphatic carbocycles. The van der Waals surface area contributed by atoms with Crippen molar-refractivity contribution in [3.8, 4) is 5.75 Å². The number of nitrogens with zero attached hydrogens (tertiary/aromatic N) is 1. The van der Waals surface area contributed by atoms with Gasteiger partial charge in [0.25, 0.3) is 0 Å². The lowest BCUT2D eigenvalue weighted by atomic mass is 10.1. The molecular formula is C21H26F3NO4. The third-order valence-corrected chi connectivity index (χ3v) is 4.11. The molecule has 1 N–H and O–H groups in total. The zero-order chi connectivity index (χ0) is 21.7. The topological polar surface area (TPSA) is 60.1 Å². The van der Waals surface area contributed by atoms with E-state index in [-0.39, 0.29) is 13.0 Å². The molecule has 0 spiro atoms. The van der Waals surface area contributed by atoms with Crippen LogP contribution < -0.4 is 4.74 Å². The van der Waals surface area contributed by atoms with Crippen molar-refractivity contribution >= 4 is 5.97 Å². The summed E-state index contributed by atoms with van der Waals surface area (Å²) in [4.78, 5) is 14.0. The number of unbranched alkanes of at least 4 members (excludes halogenated alkanes) is 5. The van der Waals surface area contributed by atoms with Crippen LogP contribution in [-0.2, 0) is 16.0 Å². The molecule has 0 atom stereocenters. The summed E-state index contributed by atoms with van der Waals surface area (Å²) in [6.45, 7) is 9.22. The van der Waals surface area contributed by atoms with E-state index in [0.717, 1.165) is 18.4 Å². The van der Waals surface area contributed by atoms with Gasteiger partial charge in [0.05, 0.1) is 19.8 Å². The highest BCUT2D eigenvalue weighted by molar-refractivity contribution is 5.91. The number of allylic oxidation sites excluding steroid dienone is 1. The average Bonchev–Trinajstić information content (AvgIpc) is 2.68. The largest absolute Gasteiger partial charge is 0.515 e. The Morgan fingerprint density at radius 2 is 1.69 bits per heavy atom. The van der Waals surface area contributed by atoms with E-state index in [1.54, 1.807) is 24.3 Å². The molecule has 8 heteroatoms. The van der Waals surface area contributed by atoms with Gasteiger partial charge in [-0.25, -0.2) is 4.85 Å². The molecule has 1 aromatic rings. The Balaban J connectivity index is 2.37. The number of aliphatic hydroxyl groups excluding tert-OH is 1. The van der Waals surface area contributed by atoms with E-state index < -0.39 is 23.6 Å². The van der Waals surface area contributed by atoms with E-state index in [1.165, 1.54) is 25.7 Å². The summed E-state index contributed by atoms with van der Waals surface area (Å²) >= 11 is 0. The van der Waals surface area contributed by atoms with Gasteiger partial charge in [0.15, 0.2) is 0 Å². The monoisotopic (exact) mass is 413 g/mol. The molecule has 0 aliphatic rings. The van der Waals surface area contributed by atoms with E-state index in [9.17, 15) is 18.0 Å². The first-order valence-corrected chi connectivity index (χ1v) is 9.56. The van der Waals surface area contributed by atoms with E-state index >= 15 is 0 Å². The number of esters is 1. The minimum Gasteiger partial charge on any atom is -0.515 e. The summed E-state index contributed by atoms with van der Waals surface area (Å²) in [5.41, 5.74) is -0.686. The third kappa shape index (κ3) is 9.37. The quantitative estimate of drug-likeness (QED) is 0.156. The molecule has 0 heterocycles. The minimum absolute atomic E-state index is 0.221. The summed E-state index contributed by atoms with van der Waals surface area (Å²) in [7, 11) is 0. The van der Waals surface area contributed by atoms with Gasteiger partial charge in [-0.2, -0.15) is 13.2 Å². The lowest BCUT2D eigenvalue weighted by Crippen LogP contribution is -2.18. The maximum absolute atomic E-state index is 12.4. The number of benzene rings is 1. The Labute approximate surface area is 168 Å².